The van der Waals surface area contributed by atoms with Gasteiger partial charge in [0.1, 0.15) is 0 Å². The van der Waals surface area contributed by atoms with E-state index in [4.69, 9.17) is 9.47 Å². The summed E-state index contributed by atoms with van der Waals surface area (Å²) < 4.78 is 10.6. The zero-order valence-electron chi connectivity index (χ0n) is 11.5. The van der Waals surface area contributed by atoms with Crippen molar-refractivity contribution in [3.05, 3.63) is 23.8 Å². The molecule has 2 aliphatic rings. The molecular weight excluding hydrogens is 256 g/mol. The SMILES string of the molecule is O=C(NCc1ccc2c(c1)OCO2)C1CCCCCN1. The molecule has 1 aromatic carbocycles. The summed E-state index contributed by atoms with van der Waals surface area (Å²) in [5, 5.41) is 6.29. The molecule has 1 unspecified atom stereocenters. The summed E-state index contributed by atoms with van der Waals surface area (Å²) in [7, 11) is 0. The van der Waals surface area contributed by atoms with Gasteiger partial charge in [-0.15, -0.1) is 0 Å². The molecular formula is C15H20N2O3. The van der Waals surface area contributed by atoms with E-state index in [9.17, 15) is 4.79 Å². The van der Waals surface area contributed by atoms with Crippen molar-refractivity contribution in [2.24, 2.45) is 0 Å². The van der Waals surface area contributed by atoms with Gasteiger partial charge in [0.15, 0.2) is 11.5 Å². The first-order valence-corrected chi connectivity index (χ1v) is 7.22. The average Bonchev–Trinajstić information content (AvgIpc) is 2.76. The quantitative estimate of drug-likeness (QED) is 0.879. The Bertz CT molecular complexity index is 482. The van der Waals surface area contributed by atoms with Crippen molar-refractivity contribution in [2.75, 3.05) is 13.3 Å². The third-order valence-electron chi connectivity index (χ3n) is 3.78. The highest BCUT2D eigenvalue weighted by Gasteiger charge is 2.19. The van der Waals surface area contributed by atoms with Gasteiger partial charge in [-0.1, -0.05) is 18.9 Å². The Labute approximate surface area is 118 Å². The molecule has 5 heteroatoms. The summed E-state index contributed by atoms with van der Waals surface area (Å²) in [6.07, 6.45) is 4.41. The molecule has 2 N–H and O–H groups in total. The second kappa shape index (κ2) is 6.13. The van der Waals surface area contributed by atoms with Crippen LogP contribution in [0, 0.1) is 0 Å². The molecule has 0 bridgehead atoms. The zero-order chi connectivity index (χ0) is 13.8. The normalized spacial score (nSPS) is 21.3. The van der Waals surface area contributed by atoms with Gasteiger partial charge in [0, 0.05) is 6.54 Å². The molecule has 0 aromatic heterocycles. The molecule has 0 radical (unpaired) electrons. The molecule has 0 spiro atoms. The predicted octanol–water partition coefficient (Wildman–Crippen LogP) is 1.56. The minimum absolute atomic E-state index is 0.0495. The summed E-state index contributed by atoms with van der Waals surface area (Å²) in [6.45, 7) is 1.73. The van der Waals surface area contributed by atoms with Crippen LogP contribution < -0.4 is 20.1 Å². The van der Waals surface area contributed by atoms with Gasteiger partial charge >= 0.3 is 0 Å². The maximum Gasteiger partial charge on any atom is 0.237 e. The summed E-state index contributed by atoms with van der Waals surface area (Å²) >= 11 is 0. The molecule has 2 heterocycles. The van der Waals surface area contributed by atoms with Crippen molar-refractivity contribution < 1.29 is 14.3 Å². The Kier molecular flexibility index (Phi) is 4.06. The lowest BCUT2D eigenvalue weighted by Crippen LogP contribution is -2.43. The van der Waals surface area contributed by atoms with E-state index >= 15 is 0 Å². The largest absolute Gasteiger partial charge is 0.454 e. The highest BCUT2D eigenvalue weighted by Crippen LogP contribution is 2.32. The van der Waals surface area contributed by atoms with Crippen LogP contribution in [0.3, 0.4) is 0 Å². The second-order valence-corrected chi connectivity index (χ2v) is 5.26. The smallest absolute Gasteiger partial charge is 0.237 e. The van der Waals surface area contributed by atoms with Crippen LogP contribution in [0.1, 0.15) is 31.2 Å². The Hall–Kier alpha value is -1.75. The van der Waals surface area contributed by atoms with E-state index in [0.717, 1.165) is 42.9 Å². The van der Waals surface area contributed by atoms with Crippen LogP contribution in [-0.2, 0) is 11.3 Å². The van der Waals surface area contributed by atoms with Gasteiger partial charge in [-0.2, -0.15) is 0 Å². The van der Waals surface area contributed by atoms with Crippen molar-refractivity contribution in [3.8, 4) is 11.5 Å². The first-order valence-electron chi connectivity index (χ1n) is 7.22. The molecule has 1 atom stereocenters. The Morgan fingerprint density at radius 3 is 3.10 bits per heavy atom. The summed E-state index contributed by atoms with van der Waals surface area (Å²) in [4.78, 5) is 12.1. The standard InChI is InChI=1S/C15H20N2O3/c18-15(12-4-2-1-3-7-16-12)17-9-11-5-6-13-14(8-11)20-10-19-13/h5-6,8,12,16H,1-4,7,9-10H2,(H,17,18). The summed E-state index contributed by atoms with van der Waals surface area (Å²) in [5.74, 6) is 1.61. The minimum atomic E-state index is -0.0495. The van der Waals surface area contributed by atoms with Crippen LogP contribution in [0.2, 0.25) is 0 Å². The van der Waals surface area contributed by atoms with Gasteiger partial charge in [-0.25, -0.2) is 0 Å². The van der Waals surface area contributed by atoms with E-state index < -0.39 is 0 Å². The van der Waals surface area contributed by atoms with Gasteiger partial charge in [0.25, 0.3) is 0 Å². The number of benzene rings is 1. The van der Waals surface area contributed by atoms with Crippen LogP contribution in [0.4, 0.5) is 0 Å². The Morgan fingerprint density at radius 2 is 2.15 bits per heavy atom. The highest BCUT2D eigenvalue weighted by molar-refractivity contribution is 5.81. The van der Waals surface area contributed by atoms with Crippen molar-refractivity contribution in [2.45, 2.75) is 38.3 Å². The van der Waals surface area contributed by atoms with Crippen LogP contribution in [0.5, 0.6) is 11.5 Å². The fourth-order valence-electron chi connectivity index (χ4n) is 2.62. The number of fused-ring (bicyclic) bond motifs is 1. The number of carbonyl (C=O) groups is 1. The van der Waals surface area contributed by atoms with E-state index in [1.165, 1.54) is 6.42 Å². The van der Waals surface area contributed by atoms with Crippen molar-refractivity contribution in [1.29, 1.82) is 0 Å². The van der Waals surface area contributed by atoms with Gasteiger partial charge in [0.05, 0.1) is 6.04 Å². The van der Waals surface area contributed by atoms with Crippen molar-refractivity contribution in [3.63, 3.8) is 0 Å². The number of nitrogens with one attached hydrogen (secondary N) is 2. The van der Waals surface area contributed by atoms with Crippen LogP contribution in [0.15, 0.2) is 18.2 Å². The van der Waals surface area contributed by atoms with Crippen LogP contribution in [-0.4, -0.2) is 25.3 Å². The molecule has 108 valence electrons. The third-order valence-corrected chi connectivity index (χ3v) is 3.78. The van der Waals surface area contributed by atoms with Gasteiger partial charge < -0.3 is 20.1 Å². The first-order chi connectivity index (χ1) is 9.83. The van der Waals surface area contributed by atoms with E-state index in [1.54, 1.807) is 0 Å². The lowest BCUT2D eigenvalue weighted by molar-refractivity contribution is -0.123. The predicted molar refractivity (Wildman–Crippen MR) is 74.7 cm³/mol. The van der Waals surface area contributed by atoms with E-state index in [0.29, 0.717) is 6.54 Å². The average molecular weight is 276 g/mol. The molecule has 5 nitrogen and oxygen atoms in total. The summed E-state index contributed by atoms with van der Waals surface area (Å²) in [6, 6.07) is 5.71. The molecule has 2 aliphatic heterocycles. The molecule has 0 saturated carbocycles. The van der Waals surface area contributed by atoms with Crippen LogP contribution in [0.25, 0.3) is 0 Å². The first kappa shape index (κ1) is 13.2. The Balaban J connectivity index is 1.54. The topological polar surface area (TPSA) is 59.6 Å². The van der Waals surface area contributed by atoms with Crippen LogP contribution >= 0.6 is 0 Å². The van der Waals surface area contributed by atoms with Crippen molar-refractivity contribution in [1.82, 2.24) is 10.6 Å². The number of rotatable bonds is 3. The number of hydrogen-bond donors (Lipinski definition) is 2. The lowest BCUT2D eigenvalue weighted by Gasteiger charge is -2.15. The number of hydrogen-bond acceptors (Lipinski definition) is 4. The zero-order valence-corrected chi connectivity index (χ0v) is 11.5. The summed E-state index contributed by atoms with van der Waals surface area (Å²) in [5.41, 5.74) is 1.02. The van der Waals surface area contributed by atoms with E-state index in [-0.39, 0.29) is 18.7 Å². The fraction of sp³-hybridized carbons (Fsp3) is 0.533. The minimum Gasteiger partial charge on any atom is -0.454 e. The van der Waals surface area contributed by atoms with Gasteiger partial charge in [-0.3, -0.25) is 4.79 Å². The molecule has 1 saturated heterocycles. The molecule has 1 fully saturated rings. The molecule has 1 aromatic rings. The van der Waals surface area contributed by atoms with Crippen molar-refractivity contribution >= 4 is 5.91 Å². The molecule has 1 amide bonds. The van der Waals surface area contributed by atoms with E-state index in [2.05, 4.69) is 10.6 Å². The third kappa shape index (κ3) is 3.04. The Morgan fingerprint density at radius 1 is 1.25 bits per heavy atom. The fourth-order valence-corrected chi connectivity index (χ4v) is 2.62. The maximum absolute atomic E-state index is 12.1. The molecule has 3 rings (SSSR count). The number of ether oxygens (including phenoxy) is 2. The second-order valence-electron chi connectivity index (χ2n) is 5.26. The number of carbonyl (C=O) groups excluding carboxylic acids is 1. The molecule has 20 heavy (non-hydrogen) atoms. The highest BCUT2D eigenvalue weighted by atomic mass is 16.7. The monoisotopic (exact) mass is 276 g/mol. The lowest BCUT2D eigenvalue weighted by atomic mass is 10.1. The maximum atomic E-state index is 12.1. The van der Waals surface area contributed by atoms with Gasteiger partial charge in [-0.05, 0) is 37.1 Å². The molecule has 0 aliphatic carbocycles. The van der Waals surface area contributed by atoms with Gasteiger partial charge in [0.2, 0.25) is 12.7 Å². The van der Waals surface area contributed by atoms with E-state index in [1.807, 2.05) is 18.2 Å². The number of amides is 1.